The highest BCUT2D eigenvalue weighted by molar-refractivity contribution is 5.80. The van der Waals surface area contributed by atoms with Crippen molar-refractivity contribution in [1.82, 2.24) is 20.3 Å². The van der Waals surface area contributed by atoms with Crippen LogP contribution in [0.15, 0.2) is 6.20 Å². The van der Waals surface area contributed by atoms with Crippen LogP contribution in [0.1, 0.15) is 51.6 Å². The molecule has 1 aliphatic rings. The third kappa shape index (κ3) is 5.59. The molecule has 1 aromatic heterocycles. The largest absolute Gasteiger partial charge is 0.480 e. The summed E-state index contributed by atoms with van der Waals surface area (Å²) in [5, 5.41) is 19.0. The predicted octanol–water partition coefficient (Wildman–Crippen LogP) is 1.35. The zero-order chi connectivity index (χ0) is 17.5. The number of amides is 1. The monoisotopic (exact) mass is 338 g/mol. The van der Waals surface area contributed by atoms with Gasteiger partial charge in [-0.2, -0.15) is 0 Å². The molecule has 2 N–H and O–H groups in total. The molecule has 1 saturated carbocycles. The van der Waals surface area contributed by atoms with Gasteiger partial charge in [0.25, 0.3) is 0 Å². The van der Waals surface area contributed by atoms with E-state index in [0.29, 0.717) is 18.0 Å². The number of rotatable bonds is 8. The van der Waals surface area contributed by atoms with Crippen molar-refractivity contribution in [3.8, 4) is 0 Å². The number of hydrogen-bond acceptors (Lipinski definition) is 5. The summed E-state index contributed by atoms with van der Waals surface area (Å²) < 4.78 is 7.21. The van der Waals surface area contributed by atoms with E-state index in [1.54, 1.807) is 0 Å². The van der Waals surface area contributed by atoms with Crippen molar-refractivity contribution >= 4 is 11.9 Å². The molecule has 1 amide bonds. The molecule has 2 rings (SSSR count). The van der Waals surface area contributed by atoms with Gasteiger partial charge < -0.3 is 15.2 Å². The number of carboxylic acids is 1. The molecule has 24 heavy (non-hydrogen) atoms. The SMILES string of the molecule is CCC(OC1CCCC(C)C1)C(=O)NCc1cn(CC(=O)O)nn1. The van der Waals surface area contributed by atoms with E-state index in [9.17, 15) is 9.59 Å². The molecule has 0 radical (unpaired) electrons. The predicted molar refractivity (Wildman–Crippen MR) is 86.1 cm³/mol. The quantitative estimate of drug-likeness (QED) is 0.741. The first-order chi connectivity index (χ1) is 11.5. The summed E-state index contributed by atoms with van der Waals surface area (Å²) in [5.74, 6) is -0.506. The summed E-state index contributed by atoms with van der Waals surface area (Å²) in [5.41, 5.74) is 0.519. The Morgan fingerprint density at radius 2 is 2.29 bits per heavy atom. The number of hydrogen-bond donors (Lipinski definition) is 2. The highest BCUT2D eigenvalue weighted by Gasteiger charge is 2.25. The molecule has 0 saturated heterocycles. The Hall–Kier alpha value is -1.96. The Kier molecular flexibility index (Phi) is 6.72. The molecule has 1 fully saturated rings. The summed E-state index contributed by atoms with van der Waals surface area (Å²) in [4.78, 5) is 22.9. The van der Waals surface area contributed by atoms with Gasteiger partial charge in [-0.05, 0) is 25.2 Å². The summed E-state index contributed by atoms with van der Waals surface area (Å²) >= 11 is 0. The fraction of sp³-hybridized carbons (Fsp3) is 0.750. The second kappa shape index (κ2) is 8.77. The van der Waals surface area contributed by atoms with Gasteiger partial charge in [-0.1, -0.05) is 31.9 Å². The fourth-order valence-corrected chi connectivity index (χ4v) is 3.00. The Morgan fingerprint density at radius 1 is 1.50 bits per heavy atom. The van der Waals surface area contributed by atoms with Crippen molar-refractivity contribution in [2.75, 3.05) is 0 Å². The second-order valence-electron chi connectivity index (χ2n) is 6.45. The van der Waals surface area contributed by atoms with Gasteiger partial charge >= 0.3 is 5.97 Å². The van der Waals surface area contributed by atoms with Crippen LogP contribution in [-0.4, -0.2) is 44.2 Å². The Balaban J connectivity index is 1.80. The molecule has 0 bridgehead atoms. The summed E-state index contributed by atoms with van der Waals surface area (Å²) in [6.07, 6.45) is 6.22. The molecular formula is C16H26N4O4. The van der Waals surface area contributed by atoms with Gasteiger partial charge in [0.15, 0.2) is 0 Å². The van der Waals surface area contributed by atoms with Crippen LogP contribution >= 0.6 is 0 Å². The standard InChI is InChI=1S/C16H26N4O4/c1-3-14(24-13-6-4-5-11(2)7-13)16(23)17-8-12-9-20(19-18-12)10-15(21)22/h9,11,13-14H,3-8,10H2,1-2H3,(H,17,23)(H,21,22). The van der Waals surface area contributed by atoms with Crippen LogP contribution in [0, 0.1) is 5.92 Å². The molecular weight excluding hydrogens is 312 g/mol. The summed E-state index contributed by atoms with van der Waals surface area (Å²) in [6.45, 7) is 4.11. The lowest BCUT2D eigenvalue weighted by Crippen LogP contribution is -2.39. The molecule has 0 aliphatic heterocycles. The first kappa shape index (κ1) is 18.4. The number of ether oxygens (including phenoxy) is 1. The number of nitrogens with one attached hydrogen (secondary N) is 1. The molecule has 3 atom stereocenters. The number of carbonyl (C=O) groups excluding carboxylic acids is 1. The van der Waals surface area contributed by atoms with Crippen LogP contribution < -0.4 is 5.32 Å². The second-order valence-corrected chi connectivity index (χ2v) is 6.45. The van der Waals surface area contributed by atoms with Gasteiger partial charge in [-0.25, -0.2) is 4.68 Å². The Bertz CT molecular complexity index is 560. The molecule has 1 aromatic rings. The zero-order valence-electron chi connectivity index (χ0n) is 14.3. The number of carboxylic acid groups (broad SMARTS) is 1. The highest BCUT2D eigenvalue weighted by atomic mass is 16.5. The molecule has 1 heterocycles. The molecule has 8 heteroatoms. The molecule has 3 unspecified atom stereocenters. The number of aromatic nitrogens is 3. The lowest BCUT2D eigenvalue weighted by atomic mass is 9.88. The van der Waals surface area contributed by atoms with E-state index >= 15 is 0 Å². The topological polar surface area (TPSA) is 106 Å². The minimum atomic E-state index is -0.989. The van der Waals surface area contributed by atoms with E-state index in [-0.39, 0.29) is 25.1 Å². The van der Waals surface area contributed by atoms with Crippen LogP contribution in [-0.2, 0) is 27.4 Å². The molecule has 0 aromatic carbocycles. The number of carbonyl (C=O) groups is 2. The smallest absolute Gasteiger partial charge is 0.325 e. The van der Waals surface area contributed by atoms with Gasteiger partial charge in [0.05, 0.1) is 18.8 Å². The van der Waals surface area contributed by atoms with Crippen molar-refractivity contribution in [3.05, 3.63) is 11.9 Å². The van der Waals surface area contributed by atoms with E-state index in [1.165, 1.54) is 17.3 Å². The van der Waals surface area contributed by atoms with Gasteiger partial charge in [0.1, 0.15) is 18.3 Å². The Labute approximate surface area is 141 Å². The molecule has 1 aliphatic carbocycles. The first-order valence-corrected chi connectivity index (χ1v) is 8.52. The van der Waals surface area contributed by atoms with E-state index in [4.69, 9.17) is 9.84 Å². The van der Waals surface area contributed by atoms with E-state index < -0.39 is 12.1 Å². The van der Waals surface area contributed by atoms with Crippen molar-refractivity contribution in [2.45, 2.75) is 71.2 Å². The van der Waals surface area contributed by atoms with E-state index in [1.807, 2.05) is 6.92 Å². The van der Waals surface area contributed by atoms with Crippen LogP contribution in [0.4, 0.5) is 0 Å². The average Bonchev–Trinajstić information content (AvgIpc) is 2.97. The third-order valence-electron chi connectivity index (χ3n) is 4.24. The number of aliphatic carboxylic acids is 1. The summed E-state index contributed by atoms with van der Waals surface area (Å²) in [6, 6.07) is 0. The maximum absolute atomic E-state index is 12.3. The van der Waals surface area contributed by atoms with Crippen molar-refractivity contribution in [2.24, 2.45) is 5.92 Å². The van der Waals surface area contributed by atoms with Crippen LogP contribution in [0.2, 0.25) is 0 Å². The van der Waals surface area contributed by atoms with Crippen molar-refractivity contribution in [3.63, 3.8) is 0 Å². The summed E-state index contributed by atoms with van der Waals surface area (Å²) in [7, 11) is 0. The van der Waals surface area contributed by atoms with E-state index in [0.717, 1.165) is 19.3 Å². The highest BCUT2D eigenvalue weighted by Crippen LogP contribution is 2.26. The molecule has 8 nitrogen and oxygen atoms in total. The lowest BCUT2D eigenvalue weighted by Gasteiger charge is -2.29. The number of nitrogens with zero attached hydrogens (tertiary/aromatic N) is 3. The zero-order valence-corrected chi connectivity index (χ0v) is 14.3. The lowest BCUT2D eigenvalue weighted by molar-refractivity contribution is -0.139. The van der Waals surface area contributed by atoms with Crippen LogP contribution in [0.3, 0.4) is 0 Å². The fourth-order valence-electron chi connectivity index (χ4n) is 3.00. The van der Waals surface area contributed by atoms with Gasteiger partial charge in [-0.3, -0.25) is 9.59 Å². The minimum Gasteiger partial charge on any atom is -0.480 e. The van der Waals surface area contributed by atoms with Gasteiger partial charge in [-0.15, -0.1) is 5.10 Å². The minimum absolute atomic E-state index is 0.154. The molecule has 0 spiro atoms. The third-order valence-corrected chi connectivity index (χ3v) is 4.24. The first-order valence-electron chi connectivity index (χ1n) is 8.52. The maximum atomic E-state index is 12.3. The normalized spacial score (nSPS) is 22.1. The Morgan fingerprint density at radius 3 is 2.96 bits per heavy atom. The average molecular weight is 338 g/mol. The van der Waals surface area contributed by atoms with Crippen molar-refractivity contribution < 1.29 is 19.4 Å². The van der Waals surface area contributed by atoms with Crippen LogP contribution in [0.5, 0.6) is 0 Å². The maximum Gasteiger partial charge on any atom is 0.325 e. The van der Waals surface area contributed by atoms with Gasteiger partial charge in [0.2, 0.25) is 5.91 Å². The van der Waals surface area contributed by atoms with Gasteiger partial charge in [0, 0.05) is 0 Å². The van der Waals surface area contributed by atoms with E-state index in [2.05, 4.69) is 22.6 Å². The van der Waals surface area contributed by atoms with Crippen LogP contribution in [0.25, 0.3) is 0 Å². The van der Waals surface area contributed by atoms with Crippen molar-refractivity contribution in [1.29, 1.82) is 0 Å². The molecule has 134 valence electrons.